The summed E-state index contributed by atoms with van der Waals surface area (Å²) in [6.07, 6.45) is -3.24. The molecule has 5 nitrogen and oxygen atoms in total. The van der Waals surface area contributed by atoms with Crippen LogP contribution >= 0.6 is 0 Å². The Labute approximate surface area is 124 Å². The van der Waals surface area contributed by atoms with Gasteiger partial charge in [0.05, 0.1) is 5.56 Å². The number of halogens is 3. The quantitative estimate of drug-likeness (QED) is 0.940. The molecule has 2 rings (SSSR count). The molecule has 8 heteroatoms. The molecular formula is C14H12F3N3O2. The third kappa shape index (κ3) is 3.72. The van der Waals surface area contributed by atoms with Crippen molar-refractivity contribution in [3.05, 3.63) is 53.5 Å². The van der Waals surface area contributed by atoms with E-state index in [4.69, 9.17) is 5.11 Å². The van der Waals surface area contributed by atoms with Crippen LogP contribution in [-0.4, -0.2) is 28.1 Å². The number of anilines is 1. The van der Waals surface area contributed by atoms with E-state index in [1.54, 1.807) is 11.9 Å². The van der Waals surface area contributed by atoms with Crippen molar-refractivity contribution >= 4 is 11.8 Å². The van der Waals surface area contributed by atoms with Crippen molar-refractivity contribution in [2.24, 2.45) is 0 Å². The molecule has 0 aliphatic rings. The maximum Gasteiger partial charge on any atom is 0.416 e. The second kappa shape index (κ2) is 6.00. The van der Waals surface area contributed by atoms with Crippen LogP contribution in [0.15, 0.2) is 36.7 Å². The number of carbonyl (C=O) groups is 1. The lowest BCUT2D eigenvalue weighted by molar-refractivity contribution is -0.137. The van der Waals surface area contributed by atoms with Crippen LogP contribution in [0.4, 0.5) is 19.0 Å². The van der Waals surface area contributed by atoms with E-state index in [1.165, 1.54) is 18.2 Å². The van der Waals surface area contributed by atoms with E-state index in [-0.39, 0.29) is 12.2 Å². The average Bonchev–Trinajstić information content (AvgIpc) is 2.47. The van der Waals surface area contributed by atoms with Gasteiger partial charge in [0.15, 0.2) is 5.69 Å². The molecular weight excluding hydrogens is 299 g/mol. The third-order valence-electron chi connectivity index (χ3n) is 2.96. The first-order valence-electron chi connectivity index (χ1n) is 6.20. The molecule has 116 valence electrons. The smallest absolute Gasteiger partial charge is 0.416 e. The highest BCUT2D eigenvalue weighted by molar-refractivity contribution is 5.86. The van der Waals surface area contributed by atoms with Crippen LogP contribution in [0.5, 0.6) is 0 Å². The first kappa shape index (κ1) is 15.7. The summed E-state index contributed by atoms with van der Waals surface area (Å²) >= 11 is 0. The zero-order valence-electron chi connectivity index (χ0n) is 11.5. The molecule has 0 bridgehead atoms. The van der Waals surface area contributed by atoms with Crippen LogP contribution in [0.2, 0.25) is 0 Å². The highest BCUT2D eigenvalue weighted by Gasteiger charge is 2.29. The van der Waals surface area contributed by atoms with E-state index in [1.807, 2.05) is 0 Å². The lowest BCUT2D eigenvalue weighted by Gasteiger charge is -2.18. The molecule has 1 aromatic carbocycles. The summed E-state index contributed by atoms with van der Waals surface area (Å²) in [6, 6.07) is 6.06. The molecule has 0 atom stereocenters. The topological polar surface area (TPSA) is 66.3 Å². The van der Waals surface area contributed by atoms with Crippen molar-refractivity contribution in [3.63, 3.8) is 0 Å². The van der Waals surface area contributed by atoms with Crippen LogP contribution < -0.4 is 4.90 Å². The molecule has 22 heavy (non-hydrogen) atoms. The zero-order valence-corrected chi connectivity index (χ0v) is 11.5. The number of rotatable bonds is 4. The van der Waals surface area contributed by atoms with E-state index in [9.17, 15) is 18.0 Å². The summed E-state index contributed by atoms with van der Waals surface area (Å²) in [5.41, 5.74) is -0.218. The van der Waals surface area contributed by atoms with Crippen molar-refractivity contribution in [1.29, 1.82) is 0 Å². The fourth-order valence-electron chi connectivity index (χ4n) is 1.83. The van der Waals surface area contributed by atoms with E-state index in [0.717, 1.165) is 18.5 Å². The fourth-order valence-corrected chi connectivity index (χ4v) is 1.83. The van der Waals surface area contributed by atoms with E-state index in [2.05, 4.69) is 9.97 Å². The predicted octanol–water partition coefficient (Wildman–Crippen LogP) is 2.83. The molecule has 0 amide bonds. The Morgan fingerprint density at radius 2 is 1.86 bits per heavy atom. The number of hydrogen-bond acceptors (Lipinski definition) is 4. The number of aromatic nitrogens is 2. The second-order valence-corrected chi connectivity index (χ2v) is 4.62. The Morgan fingerprint density at radius 3 is 2.41 bits per heavy atom. The molecule has 2 aromatic rings. The largest absolute Gasteiger partial charge is 0.477 e. The molecule has 0 unspecified atom stereocenters. The van der Waals surface area contributed by atoms with Crippen LogP contribution in [0, 0.1) is 0 Å². The van der Waals surface area contributed by atoms with Gasteiger partial charge in [-0.05, 0) is 17.7 Å². The van der Waals surface area contributed by atoms with Gasteiger partial charge in [-0.2, -0.15) is 13.2 Å². The van der Waals surface area contributed by atoms with Gasteiger partial charge in [0, 0.05) is 19.7 Å². The fraction of sp³-hybridized carbons (Fsp3) is 0.214. The summed E-state index contributed by atoms with van der Waals surface area (Å²) in [5, 5.41) is 8.87. The minimum atomic E-state index is -4.37. The highest BCUT2D eigenvalue weighted by atomic mass is 19.4. The summed E-state index contributed by atoms with van der Waals surface area (Å²) in [7, 11) is 1.66. The lowest BCUT2D eigenvalue weighted by Crippen LogP contribution is -2.18. The normalized spacial score (nSPS) is 11.3. The number of alkyl halides is 3. The molecule has 0 aliphatic heterocycles. The van der Waals surface area contributed by atoms with Gasteiger partial charge >= 0.3 is 12.1 Å². The van der Waals surface area contributed by atoms with Crippen molar-refractivity contribution in [1.82, 2.24) is 9.97 Å². The molecule has 0 aliphatic carbocycles. The predicted molar refractivity (Wildman–Crippen MR) is 72.5 cm³/mol. The second-order valence-electron chi connectivity index (χ2n) is 4.62. The van der Waals surface area contributed by atoms with Gasteiger partial charge in [-0.15, -0.1) is 0 Å². The first-order valence-corrected chi connectivity index (χ1v) is 6.20. The number of nitrogens with zero attached hydrogens (tertiary/aromatic N) is 3. The molecule has 0 saturated heterocycles. The summed E-state index contributed by atoms with van der Waals surface area (Å²) in [6.45, 7) is 0.286. The lowest BCUT2D eigenvalue weighted by atomic mass is 10.1. The molecule has 0 fully saturated rings. The maximum absolute atomic E-state index is 12.5. The average molecular weight is 311 g/mol. The Balaban J connectivity index is 2.13. The van der Waals surface area contributed by atoms with Crippen molar-refractivity contribution in [2.45, 2.75) is 12.7 Å². The number of hydrogen-bond donors (Lipinski definition) is 1. The van der Waals surface area contributed by atoms with E-state index < -0.39 is 17.7 Å². The monoisotopic (exact) mass is 311 g/mol. The number of carboxylic acid groups (broad SMARTS) is 1. The standard InChI is InChI=1S/C14H12F3N3O2/c1-20(12-6-11(13(21)22)18-8-19-12)7-9-2-4-10(5-3-9)14(15,16)17/h2-6,8H,7H2,1H3,(H,21,22). The summed E-state index contributed by atoms with van der Waals surface area (Å²) in [5.74, 6) is -0.807. The van der Waals surface area contributed by atoms with Gasteiger partial charge in [-0.3, -0.25) is 0 Å². The first-order chi connectivity index (χ1) is 10.3. The minimum Gasteiger partial charge on any atom is -0.477 e. The van der Waals surface area contributed by atoms with Gasteiger partial charge < -0.3 is 10.0 Å². The third-order valence-corrected chi connectivity index (χ3v) is 2.96. The summed E-state index contributed by atoms with van der Waals surface area (Å²) < 4.78 is 37.5. The van der Waals surface area contributed by atoms with Gasteiger partial charge in [-0.1, -0.05) is 12.1 Å². The highest BCUT2D eigenvalue weighted by Crippen LogP contribution is 2.29. The molecule has 0 spiro atoms. The van der Waals surface area contributed by atoms with Crippen molar-refractivity contribution < 1.29 is 23.1 Å². The van der Waals surface area contributed by atoms with E-state index in [0.29, 0.717) is 11.4 Å². The van der Waals surface area contributed by atoms with Gasteiger partial charge in [0.2, 0.25) is 0 Å². The maximum atomic E-state index is 12.5. The Hall–Kier alpha value is -2.64. The molecule has 0 radical (unpaired) electrons. The minimum absolute atomic E-state index is 0.149. The SMILES string of the molecule is CN(Cc1ccc(C(F)(F)F)cc1)c1cc(C(=O)O)ncn1. The Morgan fingerprint density at radius 1 is 1.23 bits per heavy atom. The van der Waals surface area contributed by atoms with Gasteiger partial charge in [0.25, 0.3) is 0 Å². The van der Waals surface area contributed by atoms with Gasteiger partial charge in [0.1, 0.15) is 12.1 Å². The van der Waals surface area contributed by atoms with Crippen molar-refractivity contribution in [2.75, 3.05) is 11.9 Å². The number of carboxylic acids is 1. The Bertz CT molecular complexity index is 672. The Kier molecular flexibility index (Phi) is 4.30. The molecule has 0 saturated carbocycles. The molecule has 1 aromatic heterocycles. The van der Waals surface area contributed by atoms with Crippen molar-refractivity contribution in [3.8, 4) is 0 Å². The van der Waals surface area contributed by atoms with Crippen LogP contribution in [0.3, 0.4) is 0 Å². The number of benzene rings is 1. The van der Waals surface area contributed by atoms with E-state index >= 15 is 0 Å². The zero-order chi connectivity index (χ0) is 16.3. The van der Waals surface area contributed by atoms with Gasteiger partial charge in [-0.25, -0.2) is 14.8 Å². The summed E-state index contributed by atoms with van der Waals surface area (Å²) in [4.78, 5) is 20.0. The van der Waals surface area contributed by atoms with Crippen LogP contribution in [0.25, 0.3) is 0 Å². The molecule has 1 heterocycles. The number of aromatic carboxylic acids is 1. The van der Waals surface area contributed by atoms with Crippen LogP contribution in [0.1, 0.15) is 21.6 Å². The van der Waals surface area contributed by atoms with Crippen LogP contribution in [-0.2, 0) is 12.7 Å². The molecule has 1 N–H and O–H groups in total.